The molecule has 6 heteroatoms. The van der Waals surface area contributed by atoms with Gasteiger partial charge in [-0.05, 0) is 24.8 Å². The molecule has 0 fully saturated rings. The molecule has 1 aromatic rings. The molecule has 0 saturated carbocycles. The fraction of sp³-hybridized carbons (Fsp3) is 0.286. The summed E-state index contributed by atoms with van der Waals surface area (Å²) in [7, 11) is -3.88. The van der Waals surface area contributed by atoms with E-state index in [0.29, 0.717) is 10.4 Å². The van der Waals surface area contributed by atoms with E-state index < -0.39 is 10.1 Å². The standard InChI is InChI=1S/C7H7NO3S2/c1-5-3-12-6(2)7(5)13(9,10)11-4-8/h3H,1-2H3. The largest absolute Gasteiger partial charge is 0.350 e. The maximum atomic E-state index is 11.3. The minimum atomic E-state index is -3.88. The Morgan fingerprint density at radius 2 is 2.15 bits per heavy atom. The molecule has 0 radical (unpaired) electrons. The summed E-state index contributed by atoms with van der Waals surface area (Å²) in [4.78, 5) is 0.742. The average Bonchev–Trinajstić information content (AvgIpc) is 2.31. The van der Waals surface area contributed by atoms with Crippen LogP contribution in [0.5, 0.6) is 0 Å². The van der Waals surface area contributed by atoms with Crippen molar-refractivity contribution in [3.8, 4) is 6.26 Å². The van der Waals surface area contributed by atoms with Crippen LogP contribution in [0.15, 0.2) is 10.3 Å². The van der Waals surface area contributed by atoms with E-state index in [1.165, 1.54) is 17.6 Å². The Hall–Kier alpha value is -1.06. The Bertz CT molecular complexity index is 433. The molecule has 0 atom stereocenters. The van der Waals surface area contributed by atoms with Crippen molar-refractivity contribution in [1.29, 1.82) is 5.26 Å². The summed E-state index contributed by atoms with van der Waals surface area (Å²) >= 11 is 1.32. The van der Waals surface area contributed by atoms with Gasteiger partial charge in [-0.2, -0.15) is 8.42 Å². The van der Waals surface area contributed by atoms with Crippen molar-refractivity contribution in [3.63, 3.8) is 0 Å². The molecule has 0 aliphatic carbocycles. The lowest BCUT2D eigenvalue weighted by atomic mass is 10.3. The van der Waals surface area contributed by atoms with Crippen LogP contribution in [0.1, 0.15) is 10.4 Å². The molecule has 1 heterocycles. The first kappa shape index (κ1) is 10.0. The van der Waals surface area contributed by atoms with Crippen LogP contribution in [0.25, 0.3) is 0 Å². The first-order valence-electron chi connectivity index (χ1n) is 3.36. The molecule has 0 bridgehead atoms. The molecule has 0 saturated heterocycles. The van der Waals surface area contributed by atoms with Crippen LogP contribution in [0.3, 0.4) is 0 Å². The smallest absolute Gasteiger partial charge is 0.299 e. The fourth-order valence-electron chi connectivity index (χ4n) is 1.03. The third kappa shape index (κ3) is 1.82. The van der Waals surface area contributed by atoms with Gasteiger partial charge < -0.3 is 0 Å². The van der Waals surface area contributed by atoms with Gasteiger partial charge in [0.2, 0.25) is 0 Å². The van der Waals surface area contributed by atoms with Gasteiger partial charge in [0.05, 0.1) is 0 Å². The Morgan fingerprint density at radius 1 is 1.54 bits per heavy atom. The van der Waals surface area contributed by atoms with Gasteiger partial charge in [0.25, 0.3) is 0 Å². The minimum Gasteiger partial charge on any atom is -0.299 e. The number of nitrogens with zero attached hydrogens (tertiary/aromatic N) is 1. The van der Waals surface area contributed by atoms with Gasteiger partial charge in [-0.1, -0.05) is 0 Å². The summed E-state index contributed by atoms with van der Waals surface area (Å²) in [6, 6.07) is 0. The highest BCUT2D eigenvalue weighted by Gasteiger charge is 2.22. The quantitative estimate of drug-likeness (QED) is 0.556. The Balaban J connectivity index is 3.31. The maximum absolute atomic E-state index is 11.3. The normalized spacial score (nSPS) is 10.8. The van der Waals surface area contributed by atoms with Gasteiger partial charge in [0.15, 0.2) is 0 Å². The van der Waals surface area contributed by atoms with Crippen molar-refractivity contribution in [3.05, 3.63) is 15.8 Å². The van der Waals surface area contributed by atoms with Gasteiger partial charge >= 0.3 is 16.4 Å². The lowest BCUT2D eigenvalue weighted by Gasteiger charge is -1.99. The van der Waals surface area contributed by atoms with Gasteiger partial charge in [-0.15, -0.1) is 16.6 Å². The van der Waals surface area contributed by atoms with E-state index in [-0.39, 0.29) is 4.90 Å². The van der Waals surface area contributed by atoms with Crippen LogP contribution in [0.4, 0.5) is 0 Å². The third-order valence-electron chi connectivity index (χ3n) is 1.49. The lowest BCUT2D eigenvalue weighted by molar-refractivity contribution is 0.458. The molecular weight excluding hydrogens is 210 g/mol. The summed E-state index contributed by atoms with van der Waals surface area (Å²) in [5, 5.41) is 9.85. The molecule has 70 valence electrons. The monoisotopic (exact) mass is 217 g/mol. The second kappa shape index (κ2) is 3.36. The van der Waals surface area contributed by atoms with Crippen molar-refractivity contribution in [2.24, 2.45) is 0 Å². The molecule has 1 rings (SSSR count). The van der Waals surface area contributed by atoms with Crippen molar-refractivity contribution in [2.75, 3.05) is 0 Å². The number of rotatable bonds is 2. The zero-order valence-corrected chi connectivity index (χ0v) is 8.70. The molecule has 0 aromatic carbocycles. The van der Waals surface area contributed by atoms with Crippen LogP contribution >= 0.6 is 11.3 Å². The lowest BCUT2D eigenvalue weighted by Crippen LogP contribution is -2.04. The van der Waals surface area contributed by atoms with Crippen LogP contribution in [-0.4, -0.2) is 8.42 Å². The van der Waals surface area contributed by atoms with E-state index in [4.69, 9.17) is 5.26 Å². The molecule has 1 aromatic heterocycles. The van der Waals surface area contributed by atoms with Gasteiger partial charge in [0.1, 0.15) is 4.90 Å². The van der Waals surface area contributed by atoms with E-state index in [2.05, 4.69) is 4.18 Å². The van der Waals surface area contributed by atoms with E-state index in [9.17, 15) is 8.42 Å². The number of aryl methyl sites for hydroxylation is 2. The molecule has 13 heavy (non-hydrogen) atoms. The first-order valence-corrected chi connectivity index (χ1v) is 5.65. The predicted molar refractivity (Wildman–Crippen MR) is 47.7 cm³/mol. The van der Waals surface area contributed by atoms with Gasteiger partial charge in [-0.25, -0.2) is 0 Å². The molecular formula is C7H7NO3S2. The SMILES string of the molecule is Cc1csc(C)c1S(=O)(=O)OC#N. The second-order valence-electron chi connectivity index (χ2n) is 2.43. The summed E-state index contributed by atoms with van der Waals surface area (Å²) in [5.41, 5.74) is 0.609. The third-order valence-corrected chi connectivity index (χ3v) is 4.07. The first-order chi connectivity index (χ1) is 5.99. The van der Waals surface area contributed by atoms with Crippen LogP contribution in [-0.2, 0) is 14.3 Å². The number of nitriles is 1. The summed E-state index contributed by atoms with van der Waals surface area (Å²) in [6.45, 7) is 3.34. The zero-order valence-electron chi connectivity index (χ0n) is 7.07. The number of hydrogen-bond donors (Lipinski definition) is 0. The van der Waals surface area contributed by atoms with Crippen molar-refractivity contribution in [2.45, 2.75) is 18.7 Å². The maximum Gasteiger partial charge on any atom is 0.350 e. The topological polar surface area (TPSA) is 67.2 Å². The van der Waals surface area contributed by atoms with E-state index in [1.54, 1.807) is 19.2 Å². The molecule has 4 nitrogen and oxygen atoms in total. The molecule has 0 spiro atoms. The highest BCUT2D eigenvalue weighted by Crippen LogP contribution is 2.26. The van der Waals surface area contributed by atoms with E-state index >= 15 is 0 Å². The minimum absolute atomic E-state index is 0.110. The zero-order chi connectivity index (χ0) is 10.1. The Labute approximate surface area is 80.5 Å². The highest BCUT2D eigenvalue weighted by atomic mass is 32.2. The fourth-order valence-corrected chi connectivity index (χ4v) is 3.28. The van der Waals surface area contributed by atoms with E-state index in [0.717, 1.165) is 0 Å². The Morgan fingerprint density at radius 3 is 2.54 bits per heavy atom. The highest BCUT2D eigenvalue weighted by molar-refractivity contribution is 7.87. The van der Waals surface area contributed by atoms with Gasteiger partial charge in [-0.3, -0.25) is 4.18 Å². The predicted octanol–water partition coefficient (Wildman–Crippen LogP) is 1.55. The van der Waals surface area contributed by atoms with Gasteiger partial charge in [0, 0.05) is 4.88 Å². The molecule has 0 amide bonds. The molecule has 0 aliphatic heterocycles. The summed E-state index contributed by atoms with van der Waals surface area (Å²) < 4.78 is 26.6. The summed E-state index contributed by atoms with van der Waals surface area (Å²) in [5.74, 6) is 0. The molecule has 0 aliphatic rings. The number of thiophene rings is 1. The van der Waals surface area contributed by atoms with Crippen molar-refractivity contribution in [1.82, 2.24) is 0 Å². The van der Waals surface area contributed by atoms with Crippen LogP contribution in [0.2, 0.25) is 0 Å². The summed E-state index contributed by atoms with van der Waals surface area (Å²) in [6.07, 6.45) is 1.17. The van der Waals surface area contributed by atoms with Crippen LogP contribution < -0.4 is 0 Å². The van der Waals surface area contributed by atoms with Crippen LogP contribution in [0, 0.1) is 25.4 Å². The molecule has 0 unspecified atom stereocenters. The second-order valence-corrected chi connectivity index (χ2v) is 5.00. The van der Waals surface area contributed by atoms with E-state index in [1.807, 2.05) is 0 Å². The van der Waals surface area contributed by atoms with Crippen molar-refractivity contribution >= 4 is 21.5 Å². The molecule has 0 N–H and O–H groups in total. The number of hydrogen-bond acceptors (Lipinski definition) is 5. The van der Waals surface area contributed by atoms with Crippen molar-refractivity contribution < 1.29 is 12.6 Å². The average molecular weight is 217 g/mol. The Kier molecular flexibility index (Phi) is 2.59.